The molecule has 0 bridgehead atoms. The summed E-state index contributed by atoms with van der Waals surface area (Å²) in [7, 11) is 0. The number of aliphatic hydroxyl groups is 2. The molecule has 0 heterocycles. The number of hydrogen-bond acceptors (Lipinski definition) is 3. The summed E-state index contributed by atoms with van der Waals surface area (Å²) in [5.41, 5.74) is 0.784. The molecular weight excluding hydrogens is 453 g/mol. The summed E-state index contributed by atoms with van der Waals surface area (Å²) in [6.07, 6.45) is 9.11. The van der Waals surface area contributed by atoms with Crippen molar-refractivity contribution in [2.24, 2.45) is 23.2 Å². The average Bonchev–Trinajstić information content (AvgIpc) is 3.13. The number of aliphatic hydroxyl groups excluding tert-OH is 1. The summed E-state index contributed by atoms with van der Waals surface area (Å²) < 4.78 is 38.6. The number of hydrogen-bond donors (Lipinski definition) is 2. The van der Waals surface area contributed by atoms with Crippen molar-refractivity contribution < 1.29 is 28.2 Å². The molecule has 0 amide bonds. The summed E-state index contributed by atoms with van der Waals surface area (Å²) in [6.45, 7) is 9.40. The van der Waals surface area contributed by atoms with Crippen molar-refractivity contribution in [2.75, 3.05) is 0 Å². The number of ketones is 1. The van der Waals surface area contributed by atoms with Crippen LogP contribution < -0.4 is 0 Å². The van der Waals surface area contributed by atoms with Crippen LogP contribution in [0.25, 0.3) is 0 Å². The number of fused-ring (bicyclic) bond motifs is 1. The largest absolute Gasteiger partial charge is 0.424 e. The lowest BCUT2D eigenvalue weighted by molar-refractivity contribution is -0.244. The smallest absolute Gasteiger partial charge is 0.393 e. The normalized spacial score (nSPS) is 34.6. The van der Waals surface area contributed by atoms with Gasteiger partial charge in [-0.25, -0.2) is 0 Å². The van der Waals surface area contributed by atoms with Crippen LogP contribution in [0.1, 0.15) is 97.8 Å². The molecule has 3 saturated carbocycles. The average molecular weight is 497 g/mol. The molecule has 3 fully saturated rings. The highest BCUT2D eigenvalue weighted by Crippen LogP contribution is 2.60. The third-order valence-corrected chi connectivity index (χ3v) is 9.32. The maximum Gasteiger partial charge on any atom is 0.424 e. The molecule has 0 radical (unpaired) electrons. The molecule has 1 unspecified atom stereocenters. The van der Waals surface area contributed by atoms with Crippen molar-refractivity contribution in [3.8, 4) is 0 Å². The van der Waals surface area contributed by atoms with E-state index in [1.54, 1.807) is 0 Å². The molecule has 3 nitrogen and oxygen atoms in total. The Morgan fingerprint density at radius 2 is 1.91 bits per heavy atom. The summed E-state index contributed by atoms with van der Waals surface area (Å²) in [4.78, 5) is 11.9. The van der Waals surface area contributed by atoms with Gasteiger partial charge in [-0.2, -0.15) is 13.2 Å². The van der Waals surface area contributed by atoms with E-state index in [2.05, 4.69) is 32.6 Å². The zero-order valence-electron chi connectivity index (χ0n) is 21.6. The molecule has 3 aliphatic rings. The van der Waals surface area contributed by atoms with Crippen LogP contribution in [0.3, 0.4) is 0 Å². The number of alkyl halides is 3. The molecule has 2 N–H and O–H groups in total. The van der Waals surface area contributed by atoms with E-state index in [1.807, 2.05) is 0 Å². The number of carbonyl (C=O) groups excluding carboxylic acids is 1. The monoisotopic (exact) mass is 496 g/mol. The molecule has 0 aromatic heterocycles. The molecule has 35 heavy (non-hydrogen) atoms. The van der Waals surface area contributed by atoms with E-state index in [0.717, 1.165) is 50.5 Å². The van der Waals surface area contributed by atoms with Crippen molar-refractivity contribution in [3.05, 3.63) is 35.5 Å². The lowest BCUT2D eigenvalue weighted by Gasteiger charge is -2.44. The third-order valence-electron chi connectivity index (χ3n) is 9.32. The first-order valence-electron chi connectivity index (χ1n) is 13.4. The molecule has 0 saturated heterocycles. The molecule has 3 rings (SSSR count). The van der Waals surface area contributed by atoms with Gasteiger partial charge in [0.15, 0.2) is 5.78 Å². The van der Waals surface area contributed by atoms with Crippen molar-refractivity contribution in [2.45, 2.75) is 116 Å². The van der Waals surface area contributed by atoms with Gasteiger partial charge in [0.2, 0.25) is 5.60 Å². The van der Waals surface area contributed by atoms with Crippen LogP contribution in [0.2, 0.25) is 0 Å². The summed E-state index contributed by atoms with van der Waals surface area (Å²) in [5.74, 6) is 0.402. The van der Waals surface area contributed by atoms with E-state index in [-0.39, 0.29) is 17.9 Å². The van der Waals surface area contributed by atoms with Gasteiger partial charge in [-0.1, -0.05) is 56.6 Å². The first kappa shape index (κ1) is 28.2. The molecule has 198 valence electrons. The van der Waals surface area contributed by atoms with Gasteiger partial charge in [0, 0.05) is 6.42 Å². The molecule has 0 spiro atoms. The zero-order chi connectivity index (χ0) is 26.0. The second kappa shape index (κ2) is 10.9. The van der Waals surface area contributed by atoms with Crippen LogP contribution in [-0.2, 0) is 4.79 Å². The van der Waals surface area contributed by atoms with Gasteiger partial charge in [0.1, 0.15) is 0 Å². The number of rotatable bonds is 8. The molecule has 0 aliphatic heterocycles. The predicted molar refractivity (Wildman–Crippen MR) is 133 cm³/mol. The highest BCUT2D eigenvalue weighted by Gasteiger charge is 2.55. The Morgan fingerprint density at radius 1 is 1.20 bits per heavy atom. The Bertz CT molecular complexity index is 854. The van der Waals surface area contributed by atoms with Crippen LogP contribution in [0.5, 0.6) is 0 Å². The Morgan fingerprint density at radius 3 is 2.60 bits per heavy atom. The Balaban J connectivity index is 1.57. The van der Waals surface area contributed by atoms with Crippen molar-refractivity contribution in [1.29, 1.82) is 0 Å². The topological polar surface area (TPSA) is 57.5 Å². The van der Waals surface area contributed by atoms with Crippen molar-refractivity contribution >= 4 is 5.78 Å². The van der Waals surface area contributed by atoms with Gasteiger partial charge in [0.25, 0.3) is 0 Å². The standard InChI is InChI=1S/C29H43F3O3/c1-19-11-14-23(33)18-22(19)13-12-21-9-7-17-27(3)24(15-16-25(21)27)20(2)8-5-6-10-26(34)28(4,35)29(30,31)32/h12-13,20,23-25,33,35H,1,5-11,14-18H2,2-4H3/b21-12+,22-13-/t20-,23+,24-,25+,27-,28?/m1/s1. The van der Waals surface area contributed by atoms with Gasteiger partial charge in [0.05, 0.1) is 6.10 Å². The van der Waals surface area contributed by atoms with Crippen molar-refractivity contribution in [3.63, 3.8) is 0 Å². The van der Waals surface area contributed by atoms with Crippen LogP contribution >= 0.6 is 0 Å². The quantitative estimate of drug-likeness (QED) is 0.348. The zero-order valence-corrected chi connectivity index (χ0v) is 21.6. The number of unbranched alkanes of at least 4 members (excludes halogenated alkanes) is 1. The summed E-state index contributed by atoms with van der Waals surface area (Å²) in [5, 5.41) is 19.6. The highest BCUT2D eigenvalue weighted by molar-refractivity contribution is 5.87. The minimum atomic E-state index is -4.93. The lowest BCUT2D eigenvalue weighted by atomic mass is 9.60. The van der Waals surface area contributed by atoms with Crippen LogP contribution in [0.15, 0.2) is 35.5 Å². The van der Waals surface area contributed by atoms with Crippen LogP contribution in [-0.4, -0.2) is 33.9 Å². The van der Waals surface area contributed by atoms with E-state index >= 15 is 0 Å². The van der Waals surface area contributed by atoms with E-state index in [1.165, 1.54) is 17.6 Å². The molecule has 6 heteroatoms. The van der Waals surface area contributed by atoms with Gasteiger partial charge in [-0.05, 0) is 93.5 Å². The van der Waals surface area contributed by atoms with Crippen LogP contribution in [0.4, 0.5) is 13.2 Å². The van der Waals surface area contributed by atoms with E-state index in [9.17, 15) is 28.2 Å². The maximum absolute atomic E-state index is 12.9. The van der Waals surface area contributed by atoms with E-state index < -0.39 is 17.6 Å². The second-order valence-electron chi connectivity index (χ2n) is 11.7. The lowest BCUT2D eigenvalue weighted by Crippen LogP contribution is -2.49. The maximum atomic E-state index is 12.9. The SMILES string of the molecule is C=C1CC[C@H](O)C/C1=C/C=C1\CCC[C@]2(C)[C@@H]([C@H](C)CCCCC(=O)C(C)(O)C(F)(F)F)CC[C@@H]12. The van der Waals surface area contributed by atoms with Gasteiger partial charge in [-0.15, -0.1) is 0 Å². The number of allylic oxidation sites excluding steroid dienone is 4. The fourth-order valence-electron chi connectivity index (χ4n) is 6.96. The van der Waals surface area contributed by atoms with E-state index in [4.69, 9.17) is 0 Å². The Kier molecular flexibility index (Phi) is 8.79. The fourth-order valence-corrected chi connectivity index (χ4v) is 6.96. The van der Waals surface area contributed by atoms with E-state index in [0.29, 0.717) is 43.9 Å². The first-order chi connectivity index (χ1) is 16.3. The molecule has 0 aromatic carbocycles. The second-order valence-corrected chi connectivity index (χ2v) is 11.7. The minimum Gasteiger partial charge on any atom is -0.393 e. The van der Waals surface area contributed by atoms with Crippen LogP contribution in [0, 0.1) is 23.2 Å². The minimum absolute atomic E-state index is 0.223. The number of carbonyl (C=O) groups is 1. The van der Waals surface area contributed by atoms with Gasteiger partial charge < -0.3 is 10.2 Å². The van der Waals surface area contributed by atoms with Gasteiger partial charge >= 0.3 is 6.18 Å². The third kappa shape index (κ3) is 6.12. The number of Topliss-reactive ketones (excluding diaryl/α,β-unsaturated/α-hetero) is 1. The Labute approximate surface area is 208 Å². The molecule has 3 aliphatic carbocycles. The fraction of sp³-hybridized carbons (Fsp3) is 0.759. The molecular formula is C29H43F3O3. The molecule has 6 atom stereocenters. The highest BCUT2D eigenvalue weighted by atomic mass is 19.4. The summed E-state index contributed by atoms with van der Waals surface area (Å²) in [6, 6.07) is 0. The van der Waals surface area contributed by atoms with Gasteiger partial charge in [-0.3, -0.25) is 4.79 Å². The number of halogens is 3. The summed E-state index contributed by atoms with van der Waals surface area (Å²) >= 11 is 0. The molecule has 0 aromatic rings. The van der Waals surface area contributed by atoms with Crippen molar-refractivity contribution in [1.82, 2.24) is 0 Å². The Hall–Kier alpha value is -1.40. The first-order valence-corrected chi connectivity index (χ1v) is 13.4. The predicted octanol–water partition coefficient (Wildman–Crippen LogP) is 7.24.